The molecule has 0 radical (unpaired) electrons. The summed E-state index contributed by atoms with van der Waals surface area (Å²) in [6, 6.07) is 10.2. The maximum absolute atomic E-state index is 10.9. The van der Waals surface area contributed by atoms with Crippen molar-refractivity contribution in [1.29, 1.82) is 0 Å². The first-order chi connectivity index (χ1) is 7.33. The van der Waals surface area contributed by atoms with Crippen molar-refractivity contribution in [2.24, 2.45) is 0 Å². The molecule has 1 aromatic rings. The molecule has 0 saturated heterocycles. The van der Waals surface area contributed by atoms with Gasteiger partial charge in [0.25, 0.3) is 0 Å². The van der Waals surface area contributed by atoms with Crippen LogP contribution in [0.2, 0.25) is 0 Å². The summed E-state index contributed by atoms with van der Waals surface area (Å²) in [7, 11) is 0. The van der Waals surface area contributed by atoms with Gasteiger partial charge in [0.05, 0.1) is 6.61 Å². The maximum Gasteiger partial charge on any atom is 0.330 e. The molecule has 0 aliphatic carbocycles. The minimum atomic E-state index is -0.259. The summed E-state index contributed by atoms with van der Waals surface area (Å²) in [6.07, 6.45) is 5.16. The summed E-state index contributed by atoms with van der Waals surface area (Å²) < 4.78 is 4.77. The molecule has 1 rings (SSSR count). The summed E-state index contributed by atoms with van der Waals surface area (Å²) in [5.41, 5.74) is 1.28. The molecule has 0 unspecified atom stereocenters. The van der Waals surface area contributed by atoms with Gasteiger partial charge in [-0.15, -0.1) is 0 Å². The van der Waals surface area contributed by atoms with Gasteiger partial charge in [-0.25, -0.2) is 4.79 Å². The number of aryl methyl sites for hydroxylation is 1. The summed E-state index contributed by atoms with van der Waals surface area (Å²) in [5, 5.41) is 0. The van der Waals surface area contributed by atoms with E-state index in [2.05, 4.69) is 12.1 Å². The highest BCUT2D eigenvalue weighted by Crippen LogP contribution is 2.02. The molecule has 0 spiro atoms. The Morgan fingerprint density at radius 3 is 2.73 bits per heavy atom. The summed E-state index contributed by atoms with van der Waals surface area (Å²) >= 11 is 0. The van der Waals surface area contributed by atoms with Crippen LogP contribution < -0.4 is 0 Å². The molecule has 0 aliphatic heterocycles. The molecular formula is C13H16O2. The highest BCUT2D eigenvalue weighted by atomic mass is 16.5. The van der Waals surface area contributed by atoms with Gasteiger partial charge in [0.2, 0.25) is 0 Å². The van der Waals surface area contributed by atoms with Crippen molar-refractivity contribution < 1.29 is 9.53 Å². The molecule has 0 aromatic heterocycles. The second-order valence-corrected chi connectivity index (χ2v) is 3.18. The van der Waals surface area contributed by atoms with Crippen LogP contribution in [0.3, 0.4) is 0 Å². The number of carbonyl (C=O) groups excluding carboxylic acids is 1. The van der Waals surface area contributed by atoms with Crippen LogP contribution in [0.4, 0.5) is 0 Å². The average molecular weight is 204 g/mol. The van der Waals surface area contributed by atoms with Crippen LogP contribution in [0.1, 0.15) is 18.9 Å². The maximum atomic E-state index is 10.9. The van der Waals surface area contributed by atoms with Crippen molar-refractivity contribution >= 4 is 5.97 Å². The van der Waals surface area contributed by atoms with Crippen LogP contribution in [0.15, 0.2) is 42.5 Å². The smallest absolute Gasteiger partial charge is 0.330 e. The lowest BCUT2D eigenvalue weighted by atomic mass is 10.1. The molecule has 2 nitrogen and oxygen atoms in total. The summed E-state index contributed by atoms with van der Waals surface area (Å²) in [5.74, 6) is -0.259. The van der Waals surface area contributed by atoms with Gasteiger partial charge < -0.3 is 4.74 Å². The molecular weight excluding hydrogens is 188 g/mol. The number of carbonyl (C=O) groups is 1. The van der Waals surface area contributed by atoms with Crippen molar-refractivity contribution in [2.75, 3.05) is 6.61 Å². The van der Waals surface area contributed by atoms with E-state index in [0.717, 1.165) is 12.8 Å². The van der Waals surface area contributed by atoms with Crippen LogP contribution in [0, 0.1) is 0 Å². The fourth-order valence-corrected chi connectivity index (χ4v) is 1.26. The third-order valence-electron chi connectivity index (χ3n) is 1.98. The zero-order valence-electron chi connectivity index (χ0n) is 8.98. The fraction of sp³-hybridized carbons (Fsp3) is 0.308. The van der Waals surface area contributed by atoms with Gasteiger partial charge in [-0.1, -0.05) is 36.4 Å². The fourth-order valence-electron chi connectivity index (χ4n) is 1.26. The second kappa shape index (κ2) is 6.82. The van der Waals surface area contributed by atoms with Gasteiger partial charge in [0.1, 0.15) is 0 Å². The number of hydrogen-bond donors (Lipinski definition) is 0. The normalized spacial score (nSPS) is 10.5. The Labute approximate surface area is 90.6 Å². The van der Waals surface area contributed by atoms with Gasteiger partial charge in [-0.05, 0) is 25.3 Å². The molecule has 1 aromatic carbocycles. The van der Waals surface area contributed by atoms with Gasteiger partial charge in [-0.3, -0.25) is 0 Å². The Kier molecular flexibility index (Phi) is 5.23. The second-order valence-electron chi connectivity index (χ2n) is 3.18. The Morgan fingerprint density at radius 1 is 1.33 bits per heavy atom. The molecule has 80 valence electrons. The number of benzene rings is 1. The Balaban J connectivity index is 2.24. The van der Waals surface area contributed by atoms with Crippen LogP contribution in [-0.4, -0.2) is 12.6 Å². The Morgan fingerprint density at radius 2 is 2.07 bits per heavy atom. The number of allylic oxidation sites excluding steroid dienone is 1. The van der Waals surface area contributed by atoms with Crippen LogP contribution in [-0.2, 0) is 16.0 Å². The molecule has 2 heteroatoms. The molecule has 0 fully saturated rings. The number of hydrogen-bond acceptors (Lipinski definition) is 2. The van der Waals surface area contributed by atoms with Crippen LogP contribution >= 0.6 is 0 Å². The lowest BCUT2D eigenvalue weighted by molar-refractivity contribution is -0.137. The minimum Gasteiger partial charge on any atom is -0.463 e. The van der Waals surface area contributed by atoms with Gasteiger partial charge in [0.15, 0.2) is 0 Å². The van der Waals surface area contributed by atoms with Crippen molar-refractivity contribution in [3.63, 3.8) is 0 Å². The lowest BCUT2D eigenvalue weighted by Gasteiger charge is -1.97. The number of ether oxygens (including phenoxy) is 1. The molecule has 0 amide bonds. The highest BCUT2D eigenvalue weighted by molar-refractivity contribution is 5.81. The topological polar surface area (TPSA) is 26.3 Å². The van der Waals surface area contributed by atoms with Gasteiger partial charge in [0, 0.05) is 6.08 Å². The van der Waals surface area contributed by atoms with E-state index in [-0.39, 0.29) is 5.97 Å². The first-order valence-corrected chi connectivity index (χ1v) is 5.20. The Bertz CT molecular complexity index is 315. The van der Waals surface area contributed by atoms with E-state index in [9.17, 15) is 4.79 Å². The monoisotopic (exact) mass is 204 g/mol. The molecule has 0 aliphatic rings. The molecule has 15 heavy (non-hydrogen) atoms. The number of rotatable bonds is 5. The first kappa shape index (κ1) is 11.5. The van der Waals surface area contributed by atoms with Crippen molar-refractivity contribution in [3.8, 4) is 0 Å². The van der Waals surface area contributed by atoms with E-state index >= 15 is 0 Å². The van der Waals surface area contributed by atoms with Crippen LogP contribution in [0.5, 0.6) is 0 Å². The predicted molar refractivity (Wildman–Crippen MR) is 60.5 cm³/mol. The lowest BCUT2D eigenvalue weighted by Crippen LogP contribution is -1.98. The summed E-state index contributed by atoms with van der Waals surface area (Å²) in [6.45, 7) is 2.23. The zero-order chi connectivity index (χ0) is 10.9. The minimum absolute atomic E-state index is 0.259. The van der Waals surface area contributed by atoms with E-state index in [1.54, 1.807) is 6.92 Å². The van der Waals surface area contributed by atoms with Crippen molar-refractivity contribution in [2.45, 2.75) is 19.8 Å². The first-order valence-electron chi connectivity index (χ1n) is 5.20. The molecule has 0 bridgehead atoms. The van der Waals surface area contributed by atoms with E-state index < -0.39 is 0 Å². The molecule has 0 heterocycles. The van der Waals surface area contributed by atoms with Crippen molar-refractivity contribution in [3.05, 3.63) is 48.0 Å². The molecule has 0 atom stereocenters. The zero-order valence-corrected chi connectivity index (χ0v) is 8.98. The predicted octanol–water partition coefficient (Wildman–Crippen LogP) is 2.74. The van der Waals surface area contributed by atoms with E-state index in [4.69, 9.17) is 4.74 Å². The van der Waals surface area contributed by atoms with E-state index in [1.165, 1.54) is 11.6 Å². The van der Waals surface area contributed by atoms with Crippen LogP contribution in [0.25, 0.3) is 0 Å². The average Bonchev–Trinajstić information content (AvgIpc) is 2.26. The highest BCUT2D eigenvalue weighted by Gasteiger charge is 1.93. The standard InChI is InChI=1S/C13H16O2/c1-2-15-13(14)11-7-6-10-12-8-4-3-5-9-12/h3-5,7-9,11H,2,6,10H2,1H3. The third kappa shape index (κ3) is 5.01. The van der Waals surface area contributed by atoms with Gasteiger partial charge >= 0.3 is 5.97 Å². The summed E-state index contributed by atoms with van der Waals surface area (Å²) in [4.78, 5) is 10.9. The van der Waals surface area contributed by atoms with Gasteiger partial charge in [-0.2, -0.15) is 0 Å². The van der Waals surface area contributed by atoms with E-state index in [1.807, 2.05) is 24.3 Å². The Hall–Kier alpha value is -1.57. The third-order valence-corrected chi connectivity index (χ3v) is 1.98. The van der Waals surface area contributed by atoms with E-state index in [0.29, 0.717) is 6.61 Å². The molecule has 0 saturated carbocycles. The SMILES string of the molecule is CCOC(=O)C=CCCc1ccccc1. The molecule has 0 N–H and O–H groups in total. The largest absolute Gasteiger partial charge is 0.463 e. The van der Waals surface area contributed by atoms with Crippen molar-refractivity contribution in [1.82, 2.24) is 0 Å². The number of esters is 1. The quantitative estimate of drug-likeness (QED) is 0.544.